The molecule has 0 saturated carbocycles. The molecular weight excluding hydrogens is 240 g/mol. The van der Waals surface area contributed by atoms with Gasteiger partial charge >= 0.3 is 0 Å². The van der Waals surface area contributed by atoms with Crippen molar-refractivity contribution in [2.45, 2.75) is 18.9 Å². The Morgan fingerprint density at radius 2 is 2.29 bits per heavy atom. The van der Waals surface area contributed by atoms with Crippen molar-refractivity contribution >= 4 is 15.7 Å². The van der Waals surface area contributed by atoms with Crippen molar-refractivity contribution < 1.29 is 13.2 Å². The summed E-state index contributed by atoms with van der Waals surface area (Å²) in [6, 6.07) is 0.0622. The van der Waals surface area contributed by atoms with Gasteiger partial charge in [-0.3, -0.25) is 4.79 Å². The highest BCUT2D eigenvalue weighted by Crippen LogP contribution is 2.16. The summed E-state index contributed by atoms with van der Waals surface area (Å²) in [5.74, 6) is 0.459. The number of rotatable bonds is 6. The maximum atomic E-state index is 11.3. The Morgan fingerprint density at radius 3 is 2.82 bits per heavy atom. The average molecular weight is 260 g/mol. The summed E-state index contributed by atoms with van der Waals surface area (Å²) < 4.78 is 22.6. The first-order valence-electron chi connectivity index (χ1n) is 5.73. The van der Waals surface area contributed by atoms with Crippen LogP contribution in [0.1, 0.15) is 12.8 Å². The Morgan fingerprint density at radius 1 is 1.59 bits per heavy atom. The van der Waals surface area contributed by atoms with Crippen LogP contribution in [0.4, 0.5) is 0 Å². The van der Waals surface area contributed by atoms with Crippen molar-refractivity contribution in [3.63, 3.8) is 0 Å². The van der Waals surface area contributed by atoms with Gasteiger partial charge in [0.2, 0.25) is 5.91 Å². The molecule has 1 saturated heterocycles. The Kier molecular flexibility index (Phi) is 5.14. The molecule has 17 heavy (non-hydrogen) atoms. The van der Waals surface area contributed by atoms with Gasteiger partial charge in [0.25, 0.3) is 0 Å². The molecule has 0 spiro atoms. The summed E-state index contributed by atoms with van der Waals surface area (Å²) in [5, 5.41) is 2.69. The summed E-state index contributed by atoms with van der Waals surface area (Å²) >= 11 is 0. The van der Waals surface area contributed by atoms with E-state index in [9.17, 15) is 13.2 Å². The van der Waals surface area contributed by atoms with Gasteiger partial charge in [-0.1, -0.05) is 6.08 Å². The summed E-state index contributed by atoms with van der Waals surface area (Å²) in [6.45, 7) is 4.57. The molecule has 0 bridgehead atoms. The van der Waals surface area contributed by atoms with E-state index < -0.39 is 9.84 Å². The lowest BCUT2D eigenvalue weighted by Crippen LogP contribution is -2.36. The zero-order valence-electron chi connectivity index (χ0n) is 10.2. The monoisotopic (exact) mass is 260 g/mol. The van der Waals surface area contributed by atoms with E-state index in [0.29, 0.717) is 25.9 Å². The van der Waals surface area contributed by atoms with Gasteiger partial charge in [-0.15, -0.1) is 6.58 Å². The predicted molar refractivity (Wildman–Crippen MR) is 67.5 cm³/mol. The first-order valence-corrected chi connectivity index (χ1v) is 7.55. The van der Waals surface area contributed by atoms with E-state index in [4.69, 9.17) is 0 Å². The van der Waals surface area contributed by atoms with Crippen LogP contribution in [0, 0.1) is 0 Å². The normalized spacial score (nSPS) is 22.6. The molecule has 0 radical (unpaired) electrons. The number of nitrogens with one attached hydrogen (secondary N) is 1. The third-order valence-corrected chi connectivity index (χ3v) is 4.72. The van der Waals surface area contributed by atoms with Crippen molar-refractivity contribution in [1.82, 2.24) is 10.2 Å². The molecule has 1 N–H and O–H groups in total. The number of sulfone groups is 1. The fourth-order valence-corrected chi connectivity index (χ4v) is 3.66. The minimum Gasteiger partial charge on any atom is -0.353 e. The van der Waals surface area contributed by atoms with Crippen molar-refractivity contribution in [3.05, 3.63) is 12.7 Å². The second kappa shape index (κ2) is 6.16. The molecule has 1 fully saturated rings. The number of hydrogen-bond donors (Lipinski definition) is 1. The molecule has 1 atom stereocenters. The molecule has 0 aromatic heterocycles. The van der Waals surface area contributed by atoms with Crippen LogP contribution in [-0.2, 0) is 14.6 Å². The maximum absolute atomic E-state index is 11.3. The van der Waals surface area contributed by atoms with E-state index in [1.54, 1.807) is 6.08 Å². The summed E-state index contributed by atoms with van der Waals surface area (Å²) in [6.07, 6.45) is 2.69. The molecule has 1 rings (SSSR count). The van der Waals surface area contributed by atoms with Crippen LogP contribution < -0.4 is 5.32 Å². The van der Waals surface area contributed by atoms with Crippen molar-refractivity contribution in [2.24, 2.45) is 0 Å². The molecule has 5 nitrogen and oxygen atoms in total. The predicted octanol–water partition coefficient (Wildman–Crippen LogP) is -0.202. The Bertz CT molecular complexity index is 378. The third-order valence-electron chi connectivity index (χ3n) is 2.97. The van der Waals surface area contributed by atoms with Crippen LogP contribution in [0.15, 0.2) is 12.7 Å². The molecule has 98 valence electrons. The largest absolute Gasteiger partial charge is 0.353 e. The fourth-order valence-electron chi connectivity index (χ4n) is 1.86. The van der Waals surface area contributed by atoms with E-state index in [1.165, 1.54) is 0 Å². The molecule has 1 aliphatic rings. The lowest BCUT2D eigenvalue weighted by molar-refractivity contribution is -0.121. The van der Waals surface area contributed by atoms with Gasteiger partial charge in [0.05, 0.1) is 11.5 Å². The summed E-state index contributed by atoms with van der Waals surface area (Å²) in [4.78, 5) is 13.3. The van der Waals surface area contributed by atoms with Crippen LogP contribution in [0.2, 0.25) is 0 Å². The SMILES string of the molecule is C=CCNC(=O)CCN(C)C1CCS(=O)(=O)C1. The molecule has 0 aromatic rings. The summed E-state index contributed by atoms with van der Waals surface area (Å²) in [7, 11) is -0.981. The minimum atomic E-state index is -2.85. The van der Waals surface area contributed by atoms with Crippen molar-refractivity contribution in [1.29, 1.82) is 0 Å². The average Bonchev–Trinajstić information content (AvgIpc) is 2.63. The number of amides is 1. The molecule has 1 amide bonds. The topological polar surface area (TPSA) is 66.5 Å². The summed E-state index contributed by atoms with van der Waals surface area (Å²) in [5.41, 5.74) is 0. The van der Waals surface area contributed by atoms with Crippen LogP contribution in [-0.4, -0.2) is 56.9 Å². The van der Waals surface area contributed by atoms with Crippen LogP contribution in [0.3, 0.4) is 0 Å². The highest BCUT2D eigenvalue weighted by Gasteiger charge is 2.30. The van der Waals surface area contributed by atoms with E-state index in [0.717, 1.165) is 0 Å². The third kappa shape index (κ3) is 4.87. The molecule has 1 unspecified atom stereocenters. The number of nitrogens with zero attached hydrogens (tertiary/aromatic N) is 1. The number of carbonyl (C=O) groups excluding carboxylic acids is 1. The van der Waals surface area contributed by atoms with Gasteiger partial charge < -0.3 is 10.2 Å². The fraction of sp³-hybridized carbons (Fsp3) is 0.727. The zero-order valence-corrected chi connectivity index (χ0v) is 11.0. The van der Waals surface area contributed by atoms with Gasteiger partial charge in [0.1, 0.15) is 0 Å². The lowest BCUT2D eigenvalue weighted by atomic mass is 10.2. The van der Waals surface area contributed by atoms with Crippen LogP contribution >= 0.6 is 0 Å². The second-order valence-electron chi connectivity index (χ2n) is 4.38. The first kappa shape index (κ1) is 14.2. The number of hydrogen-bond acceptors (Lipinski definition) is 4. The smallest absolute Gasteiger partial charge is 0.221 e. The van der Waals surface area contributed by atoms with Crippen molar-refractivity contribution in [2.75, 3.05) is 31.6 Å². The van der Waals surface area contributed by atoms with Crippen LogP contribution in [0.25, 0.3) is 0 Å². The van der Waals surface area contributed by atoms with E-state index >= 15 is 0 Å². The van der Waals surface area contributed by atoms with Gasteiger partial charge in [-0.05, 0) is 13.5 Å². The molecule has 6 heteroatoms. The quantitative estimate of drug-likeness (QED) is 0.672. The van der Waals surface area contributed by atoms with Gasteiger partial charge in [-0.2, -0.15) is 0 Å². The Hall–Kier alpha value is -0.880. The maximum Gasteiger partial charge on any atom is 0.221 e. The van der Waals surface area contributed by atoms with E-state index in [1.807, 2.05) is 11.9 Å². The minimum absolute atomic E-state index is 0.0300. The van der Waals surface area contributed by atoms with E-state index in [-0.39, 0.29) is 23.5 Å². The van der Waals surface area contributed by atoms with E-state index in [2.05, 4.69) is 11.9 Å². The Balaban J connectivity index is 2.28. The van der Waals surface area contributed by atoms with Crippen molar-refractivity contribution in [3.8, 4) is 0 Å². The standard InChI is InChI=1S/C11H20N2O3S/c1-3-6-12-11(14)4-7-13(2)10-5-8-17(15,16)9-10/h3,10H,1,4-9H2,2H3,(H,12,14). The Labute approximate surface area is 103 Å². The first-order chi connectivity index (χ1) is 7.94. The molecule has 1 aliphatic heterocycles. The van der Waals surface area contributed by atoms with Gasteiger partial charge in [0.15, 0.2) is 9.84 Å². The van der Waals surface area contributed by atoms with Gasteiger partial charge in [0, 0.05) is 25.6 Å². The molecular formula is C11H20N2O3S. The molecule has 0 aromatic carbocycles. The zero-order chi connectivity index (χ0) is 12.9. The van der Waals surface area contributed by atoms with Gasteiger partial charge in [-0.25, -0.2) is 8.42 Å². The highest BCUT2D eigenvalue weighted by atomic mass is 32.2. The molecule has 0 aliphatic carbocycles. The lowest BCUT2D eigenvalue weighted by Gasteiger charge is -2.22. The second-order valence-corrected chi connectivity index (χ2v) is 6.61. The molecule has 1 heterocycles. The van der Waals surface area contributed by atoms with Crippen LogP contribution in [0.5, 0.6) is 0 Å². The highest BCUT2D eigenvalue weighted by molar-refractivity contribution is 7.91. The number of carbonyl (C=O) groups is 1.